The Bertz CT molecular complexity index is 401. The number of primary amides is 1. The van der Waals surface area contributed by atoms with Crippen molar-refractivity contribution >= 4 is 5.91 Å². The largest absolute Gasteiger partial charge is 0.389 e. The Balaban J connectivity index is 2.62. The van der Waals surface area contributed by atoms with Gasteiger partial charge in [0, 0.05) is 18.7 Å². The van der Waals surface area contributed by atoms with Crippen LogP contribution in [0.1, 0.15) is 42.6 Å². The number of hydrogen-bond acceptors (Lipinski definition) is 3. The predicted octanol–water partition coefficient (Wildman–Crippen LogP) is 1.43. The molecule has 0 aliphatic carbocycles. The van der Waals surface area contributed by atoms with Crippen LogP contribution >= 0.6 is 0 Å². The number of carbonyl (C=O) groups is 1. The second-order valence-electron chi connectivity index (χ2n) is 4.56. The highest BCUT2D eigenvalue weighted by Crippen LogP contribution is 2.14. The third kappa shape index (κ3) is 3.82. The van der Waals surface area contributed by atoms with Gasteiger partial charge in [0.15, 0.2) is 0 Å². The molecule has 0 saturated heterocycles. The summed E-state index contributed by atoms with van der Waals surface area (Å²) < 4.78 is 0. The van der Waals surface area contributed by atoms with Gasteiger partial charge in [-0.2, -0.15) is 0 Å². The lowest BCUT2D eigenvalue weighted by Crippen LogP contribution is -2.39. The number of benzene rings is 1. The van der Waals surface area contributed by atoms with Crippen molar-refractivity contribution in [3.05, 3.63) is 35.4 Å². The molecule has 1 rings (SSSR count). The van der Waals surface area contributed by atoms with Gasteiger partial charge in [-0.1, -0.05) is 32.0 Å². The van der Waals surface area contributed by atoms with Crippen LogP contribution in [0.4, 0.5) is 0 Å². The number of nitrogens with two attached hydrogens (primary N) is 1. The van der Waals surface area contributed by atoms with E-state index in [0.29, 0.717) is 31.5 Å². The first kappa shape index (κ1) is 14.7. The smallest absolute Gasteiger partial charge is 0.249 e. The van der Waals surface area contributed by atoms with Crippen LogP contribution in [0.25, 0.3) is 0 Å². The minimum atomic E-state index is -0.679. The molecular weight excluding hydrogens is 228 g/mol. The van der Waals surface area contributed by atoms with Crippen LogP contribution < -0.4 is 11.1 Å². The number of nitrogens with one attached hydrogen (secondary N) is 1. The molecule has 18 heavy (non-hydrogen) atoms. The molecule has 0 spiro atoms. The van der Waals surface area contributed by atoms with E-state index < -0.39 is 11.5 Å². The van der Waals surface area contributed by atoms with Gasteiger partial charge in [0.2, 0.25) is 5.91 Å². The Kier molecular flexibility index (Phi) is 5.31. The topological polar surface area (TPSA) is 75.3 Å². The molecule has 0 unspecified atom stereocenters. The highest BCUT2D eigenvalue weighted by molar-refractivity contribution is 5.94. The molecule has 0 radical (unpaired) electrons. The van der Waals surface area contributed by atoms with E-state index in [1.807, 2.05) is 26.0 Å². The van der Waals surface area contributed by atoms with Crippen molar-refractivity contribution in [3.8, 4) is 0 Å². The second kappa shape index (κ2) is 6.52. The maximum absolute atomic E-state index is 11.2. The first-order valence-electron chi connectivity index (χ1n) is 6.33. The number of hydrogen-bond donors (Lipinski definition) is 3. The quantitative estimate of drug-likeness (QED) is 0.685. The first-order valence-corrected chi connectivity index (χ1v) is 6.33. The first-order chi connectivity index (χ1) is 8.52. The van der Waals surface area contributed by atoms with Crippen LogP contribution in [0, 0.1) is 0 Å². The van der Waals surface area contributed by atoms with Gasteiger partial charge in [-0.05, 0) is 24.5 Å². The zero-order valence-electron chi connectivity index (χ0n) is 11.1. The fourth-order valence-electron chi connectivity index (χ4n) is 1.84. The monoisotopic (exact) mass is 250 g/mol. The zero-order valence-corrected chi connectivity index (χ0v) is 11.1. The van der Waals surface area contributed by atoms with Crippen LogP contribution in [-0.4, -0.2) is 23.2 Å². The van der Waals surface area contributed by atoms with E-state index in [-0.39, 0.29) is 0 Å². The second-order valence-corrected chi connectivity index (χ2v) is 4.56. The van der Waals surface area contributed by atoms with Crippen molar-refractivity contribution in [2.24, 2.45) is 5.73 Å². The third-order valence-electron chi connectivity index (χ3n) is 3.37. The molecule has 0 aliphatic heterocycles. The molecule has 4 heteroatoms. The summed E-state index contributed by atoms with van der Waals surface area (Å²) in [6.07, 6.45) is 1.40. The lowest BCUT2D eigenvalue weighted by molar-refractivity contribution is 0.0323. The Labute approximate surface area is 108 Å². The summed E-state index contributed by atoms with van der Waals surface area (Å²) in [6, 6.07) is 7.24. The number of carbonyl (C=O) groups excluding carboxylic acids is 1. The van der Waals surface area contributed by atoms with E-state index in [1.54, 1.807) is 12.1 Å². The molecule has 1 aromatic carbocycles. The average molecular weight is 250 g/mol. The molecule has 0 heterocycles. The van der Waals surface area contributed by atoms with Crippen molar-refractivity contribution in [2.45, 2.75) is 38.8 Å². The van der Waals surface area contributed by atoms with Gasteiger partial charge in [0.1, 0.15) is 0 Å². The Morgan fingerprint density at radius 1 is 1.33 bits per heavy atom. The summed E-state index contributed by atoms with van der Waals surface area (Å²) in [5.41, 5.74) is 6.02. The van der Waals surface area contributed by atoms with Gasteiger partial charge in [-0.15, -0.1) is 0 Å². The molecule has 0 aromatic heterocycles. The molecule has 1 aromatic rings. The van der Waals surface area contributed by atoms with Crippen LogP contribution in [0.15, 0.2) is 24.3 Å². The maximum Gasteiger partial charge on any atom is 0.249 e. The summed E-state index contributed by atoms with van der Waals surface area (Å²) >= 11 is 0. The highest BCUT2D eigenvalue weighted by Gasteiger charge is 2.21. The Hall–Kier alpha value is -1.39. The minimum absolute atomic E-state index is 0.423. The van der Waals surface area contributed by atoms with E-state index in [1.165, 1.54) is 0 Å². The lowest BCUT2D eigenvalue weighted by atomic mass is 9.97. The molecular formula is C14H22N2O2. The number of amides is 1. The van der Waals surface area contributed by atoms with Crippen LogP contribution in [0.5, 0.6) is 0 Å². The standard InChI is InChI=1S/C14H22N2O2/c1-3-14(18,4-2)10-16-9-11-7-5-6-8-12(11)13(15)17/h5-8,16,18H,3-4,9-10H2,1-2H3,(H2,15,17). The Morgan fingerprint density at radius 2 is 1.94 bits per heavy atom. The molecule has 4 nitrogen and oxygen atoms in total. The molecule has 1 amide bonds. The highest BCUT2D eigenvalue weighted by atomic mass is 16.3. The van der Waals surface area contributed by atoms with E-state index in [2.05, 4.69) is 5.32 Å². The zero-order chi connectivity index (χ0) is 13.6. The van der Waals surface area contributed by atoms with E-state index in [4.69, 9.17) is 5.73 Å². The van der Waals surface area contributed by atoms with Gasteiger partial charge < -0.3 is 16.2 Å². The average Bonchev–Trinajstić information content (AvgIpc) is 2.39. The van der Waals surface area contributed by atoms with Crippen molar-refractivity contribution < 1.29 is 9.90 Å². The van der Waals surface area contributed by atoms with Gasteiger partial charge in [-0.25, -0.2) is 0 Å². The number of rotatable bonds is 7. The summed E-state index contributed by atoms with van der Waals surface area (Å²) in [6.45, 7) is 4.96. The van der Waals surface area contributed by atoms with Crippen molar-refractivity contribution in [1.82, 2.24) is 5.32 Å². The summed E-state index contributed by atoms with van der Waals surface area (Å²) in [4.78, 5) is 11.2. The normalized spacial score (nSPS) is 11.5. The Morgan fingerprint density at radius 3 is 2.50 bits per heavy atom. The molecule has 0 bridgehead atoms. The molecule has 0 saturated carbocycles. The van der Waals surface area contributed by atoms with E-state index in [0.717, 1.165) is 5.56 Å². The summed E-state index contributed by atoms with van der Waals surface area (Å²) in [7, 11) is 0. The molecule has 0 fully saturated rings. The number of aliphatic hydroxyl groups is 1. The van der Waals surface area contributed by atoms with Gasteiger partial charge in [0.25, 0.3) is 0 Å². The van der Waals surface area contributed by atoms with Gasteiger partial charge >= 0.3 is 0 Å². The van der Waals surface area contributed by atoms with E-state index >= 15 is 0 Å². The van der Waals surface area contributed by atoms with Crippen molar-refractivity contribution in [3.63, 3.8) is 0 Å². The SMILES string of the molecule is CCC(O)(CC)CNCc1ccccc1C(N)=O. The van der Waals surface area contributed by atoms with E-state index in [9.17, 15) is 9.90 Å². The predicted molar refractivity (Wildman–Crippen MR) is 72.2 cm³/mol. The van der Waals surface area contributed by atoms with Crippen LogP contribution in [-0.2, 0) is 6.54 Å². The summed E-state index contributed by atoms with van der Waals surface area (Å²) in [5.74, 6) is -0.423. The molecule has 4 N–H and O–H groups in total. The third-order valence-corrected chi connectivity index (χ3v) is 3.37. The van der Waals surface area contributed by atoms with Crippen LogP contribution in [0.2, 0.25) is 0 Å². The van der Waals surface area contributed by atoms with Crippen molar-refractivity contribution in [1.29, 1.82) is 0 Å². The lowest BCUT2D eigenvalue weighted by Gasteiger charge is -2.25. The van der Waals surface area contributed by atoms with Crippen LogP contribution in [0.3, 0.4) is 0 Å². The van der Waals surface area contributed by atoms with Gasteiger partial charge in [0.05, 0.1) is 5.60 Å². The van der Waals surface area contributed by atoms with Crippen molar-refractivity contribution in [2.75, 3.05) is 6.54 Å². The molecule has 0 aliphatic rings. The fourth-order valence-corrected chi connectivity index (χ4v) is 1.84. The molecule has 0 atom stereocenters. The van der Waals surface area contributed by atoms with Gasteiger partial charge in [-0.3, -0.25) is 4.79 Å². The molecule has 100 valence electrons. The maximum atomic E-state index is 11.2. The minimum Gasteiger partial charge on any atom is -0.389 e. The fraction of sp³-hybridized carbons (Fsp3) is 0.500. The summed E-state index contributed by atoms with van der Waals surface area (Å²) in [5, 5.41) is 13.3.